The van der Waals surface area contributed by atoms with Gasteiger partial charge in [0.15, 0.2) is 0 Å². The monoisotopic (exact) mass is 340 g/mol. The first-order valence-corrected chi connectivity index (χ1v) is 9.18. The van der Waals surface area contributed by atoms with Crippen molar-refractivity contribution < 1.29 is 17.9 Å². The molecule has 0 atom stereocenters. The molecule has 1 heterocycles. The van der Waals surface area contributed by atoms with E-state index in [1.54, 1.807) is 19.1 Å². The molecule has 7 heteroatoms. The SMILES string of the molecule is CNCC1CCN(S(=O)(=O)c2cc(C(=O)OC)ccc2C)CC1. The van der Waals surface area contributed by atoms with Crippen LogP contribution in [0.1, 0.15) is 28.8 Å². The normalized spacial score (nSPS) is 17.2. The number of ether oxygens (including phenoxy) is 1. The smallest absolute Gasteiger partial charge is 0.337 e. The predicted octanol–water partition coefficient (Wildman–Crippen LogP) is 1.40. The van der Waals surface area contributed by atoms with Crippen molar-refractivity contribution in [3.63, 3.8) is 0 Å². The van der Waals surface area contributed by atoms with E-state index in [2.05, 4.69) is 10.1 Å². The van der Waals surface area contributed by atoms with Crippen LogP contribution >= 0.6 is 0 Å². The largest absolute Gasteiger partial charge is 0.465 e. The van der Waals surface area contributed by atoms with Gasteiger partial charge in [0.05, 0.1) is 17.6 Å². The second-order valence-electron chi connectivity index (χ2n) is 5.88. The summed E-state index contributed by atoms with van der Waals surface area (Å²) >= 11 is 0. The van der Waals surface area contributed by atoms with Gasteiger partial charge in [-0.15, -0.1) is 0 Å². The molecule has 1 N–H and O–H groups in total. The molecule has 0 bridgehead atoms. The Labute approximate surface area is 137 Å². The highest BCUT2D eigenvalue weighted by atomic mass is 32.2. The van der Waals surface area contributed by atoms with E-state index in [9.17, 15) is 13.2 Å². The molecular weight excluding hydrogens is 316 g/mol. The number of methoxy groups -OCH3 is 1. The van der Waals surface area contributed by atoms with Crippen molar-refractivity contribution in [2.75, 3.05) is 33.8 Å². The van der Waals surface area contributed by atoms with Crippen LogP contribution in [0.25, 0.3) is 0 Å². The van der Waals surface area contributed by atoms with Crippen molar-refractivity contribution in [2.24, 2.45) is 5.92 Å². The Morgan fingerprint density at radius 3 is 2.57 bits per heavy atom. The minimum Gasteiger partial charge on any atom is -0.465 e. The van der Waals surface area contributed by atoms with Crippen LogP contribution in [0.2, 0.25) is 0 Å². The third kappa shape index (κ3) is 3.91. The molecule has 23 heavy (non-hydrogen) atoms. The van der Waals surface area contributed by atoms with Gasteiger partial charge in [-0.05, 0) is 57.0 Å². The highest BCUT2D eigenvalue weighted by Crippen LogP contribution is 2.26. The van der Waals surface area contributed by atoms with Gasteiger partial charge < -0.3 is 10.1 Å². The molecule has 0 amide bonds. The van der Waals surface area contributed by atoms with Crippen LogP contribution in [0.15, 0.2) is 23.1 Å². The maximum absolute atomic E-state index is 12.9. The fourth-order valence-corrected chi connectivity index (χ4v) is 4.62. The number of benzene rings is 1. The Kier molecular flexibility index (Phi) is 5.78. The molecule has 128 valence electrons. The fraction of sp³-hybridized carbons (Fsp3) is 0.562. The zero-order valence-electron chi connectivity index (χ0n) is 13.8. The number of carbonyl (C=O) groups is 1. The lowest BCUT2D eigenvalue weighted by Crippen LogP contribution is -2.40. The van der Waals surface area contributed by atoms with E-state index in [-0.39, 0.29) is 10.5 Å². The molecule has 1 fully saturated rings. The molecule has 0 unspecified atom stereocenters. The second kappa shape index (κ2) is 7.42. The summed E-state index contributed by atoms with van der Waals surface area (Å²) in [4.78, 5) is 11.8. The number of nitrogens with one attached hydrogen (secondary N) is 1. The zero-order chi connectivity index (χ0) is 17.0. The van der Waals surface area contributed by atoms with Crippen molar-refractivity contribution in [1.29, 1.82) is 0 Å². The Bertz CT molecular complexity index is 665. The van der Waals surface area contributed by atoms with Crippen molar-refractivity contribution in [3.05, 3.63) is 29.3 Å². The van der Waals surface area contributed by atoms with Crippen molar-refractivity contribution in [2.45, 2.75) is 24.7 Å². The molecule has 0 aromatic heterocycles. The van der Waals surface area contributed by atoms with E-state index in [4.69, 9.17) is 0 Å². The average molecular weight is 340 g/mol. The third-order valence-electron chi connectivity index (χ3n) is 4.29. The number of aryl methyl sites for hydroxylation is 1. The van der Waals surface area contributed by atoms with Gasteiger partial charge in [-0.1, -0.05) is 6.07 Å². The Hall–Kier alpha value is -1.44. The summed E-state index contributed by atoms with van der Waals surface area (Å²) in [5, 5.41) is 3.14. The van der Waals surface area contributed by atoms with Gasteiger partial charge in [-0.2, -0.15) is 4.31 Å². The quantitative estimate of drug-likeness (QED) is 0.820. The minimum atomic E-state index is -3.59. The van der Waals surface area contributed by atoms with E-state index in [1.807, 2.05) is 7.05 Å². The van der Waals surface area contributed by atoms with E-state index in [0.717, 1.165) is 19.4 Å². The van der Waals surface area contributed by atoms with Crippen molar-refractivity contribution in [3.8, 4) is 0 Å². The first-order valence-electron chi connectivity index (χ1n) is 7.74. The van der Waals surface area contributed by atoms with Crippen LogP contribution in [0.4, 0.5) is 0 Å². The standard InChI is InChI=1S/C16H24N2O4S/c1-12-4-5-14(16(19)22-3)10-15(12)23(20,21)18-8-6-13(7-9-18)11-17-2/h4-5,10,13,17H,6-9,11H2,1-3H3. The molecular formula is C16H24N2O4S. The minimum absolute atomic E-state index is 0.187. The van der Waals surface area contributed by atoms with Gasteiger partial charge >= 0.3 is 5.97 Å². The molecule has 0 spiro atoms. The number of sulfonamides is 1. The highest BCUT2D eigenvalue weighted by molar-refractivity contribution is 7.89. The lowest BCUT2D eigenvalue weighted by molar-refractivity contribution is 0.0600. The molecule has 2 rings (SSSR count). The summed E-state index contributed by atoms with van der Waals surface area (Å²) in [6.45, 7) is 3.67. The summed E-state index contributed by atoms with van der Waals surface area (Å²) in [7, 11) is -0.402. The van der Waals surface area contributed by atoms with Crippen LogP contribution in [0.5, 0.6) is 0 Å². The fourth-order valence-electron chi connectivity index (χ4n) is 2.90. The molecule has 1 aliphatic heterocycles. The first kappa shape index (κ1) is 17.9. The van der Waals surface area contributed by atoms with Crippen molar-refractivity contribution in [1.82, 2.24) is 9.62 Å². The van der Waals surface area contributed by atoms with Gasteiger partial charge in [0.2, 0.25) is 10.0 Å². The Morgan fingerprint density at radius 2 is 2.00 bits per heavy atom. The van der Waals surface area contributed by atoms with E-state index < -0.39 is 16.0 Å². The highest BCUT2D eigenvalue weighted by Gasteiger charge is 2.30. The van der Waals surface area contributed by atoms with Crippen LogP contribution in [0, 0.1) is 12.8 Å². The number of carbonyl (C=O) groups excluding carboxylic acids is 1. The second-order valence-corrected chi connectivity index (χ2v) is 7.78. The van der Waals surface area contributed by atoms with Gasteiger partial charge in [0.25, 0.3) is 0 Å². The van der Waals surface area contributed by atoms with Crippen LogP contribution in [-0.2, 0) is 14.8 Å². The van der Waals surface area contributed by atoms with Crippen molar-refractivity contribution >= 4 is 16.0 Å². The third-order valence-corrected chi connectivity index (χ3v) is 6.33. The number of nitrogens with zero attached hydrogens (tertiary/aromatic N) is 1. The number of piperidine rings is 1. The maximum atomic E-state index is 12.9. The van der Waals surface area contributed by atoms with Crippen LogP contribution in [-0.4, -0.2) is 52.5 Å². The topological polar surface area (TPSA) is 75.7 Å². The average Bonchev–Trinajstić information content (AvgIpc) is 2.55. The molecule has 1 aromatic rings. The molecule has 0 saturated carbocycles. The molecule has 0 aliphatic carbocycles. The lowest BCUT2D eigenvalue weighted by Gasteiger charge is -2.31. The maximum Gasteiger partial charge on any atom is 0.337 e. The van der Waals surface area contributed by atoms with Gasteiger partial charge in [0, 0.05) is 13.1 Å². The zero-order valence-corrected chi connectivity index (χ0v) is 14.6. The molecule has 0 radical (unpaired) electrons. The van der Waals surface area contributed by atoms with Crippen LogP contribution in [0.3, 0.4) is 0 Å². The van der Waals surface area contributed by atoms with E-state index in [1.165, 1.54) is 17.5 Å². The summed E-state index contributed by atoms with van der Waals surface area (Å²) in [6.07, 6.45) is 1.69. The number of rotatable bonds is 5. The first-order chi connectivity index (χ1) is 10.9. The Balaban J connectivity index is 2.25. The van der Waals surface area contributed by atoms with E-state index in [0.29, 0.717) is 24.6 Å². The predicted molar refractivity (Wildman–Crippen MR) is 87.9 cm³/mol. The summed E-state index contributed by atoms with van der Waals surface area (Å²) in [6, 6.07) is 4.64. The number of hydrogen-bond acceptors (Lipinski definition) is 5. The molecule has 1 aromatic carbocycles. The summed E-state index contributed by atoms with van der Waals surface area (Å²) in [5.41, 5.74) is 0.886. The summed E-state index contributed by atoms with van der Waals surface area (Å²) in [5.74, 6) is -0.0249. The van der Waals surface area contributed by atoms with Gasteiger partial charge in [-0.3, -0.25) is 0 Å². The van der Waals surface area contributed by atoms with E-state index >= 15 is 0 Å². The molecule has 6 nitrogen and oxygen atoms in total. The molecule has 1 saturated heterocycles. The van der Waals surface area contributed by atoms with Gasteiger partial charge in [-0.25, -0.2) is 13.2 Å². The summed E-state index contributed by atoms with van der Waals surface area (Å²) < 4.78 is 32.0. The van der Waals surface area contributed by atoms with Crippen LogP contribution < -0.4 is 5.32 Å². The Morgan fingerprint density at radius 1 is 1.35 bits per heavy atom. The van der Waals surface area contributed by atoms with Gasteiger partial charge in [0.1, 0.15) is 0 Å². The number of hydrogen-bond donors (Lipinski definition) is 1. The number of esters is 1. The lowest BCUT2D eigenvalue weighted by atomic mass is 9.98. The molecule has 1 aliphatic rings.